The van der Waals surface area contributed by atoms with E-state index >= 15 is 0 Å². The highest BCUT2D eigenvalue weighted by atomic mass is 16.6. The minimum Gasteiger partial charge on any atom is -0.343 e. The van der Waals surface area contributed by atoms with Crippen molar-refractivity contribution in [3.05, 3.63) is 99.1 Å². The number of hydrogen-bond acceptors (Lipinski definition) is 6. The number of nitrogens with one attached hydrogen (secondary N) is 1. The van der Waals surface area contributed by atoms with E-state index in [1.165, 1.54) is 30.5 Å². The van der Waals surface area contributed by atoms with Crippen molar-refractivity contribution in [3.8, 4) is 0 Å². The predicted octanol–water partition coefficient (Wildman–Crippen LogP) is 5.60. The smallest absolute Gasteiger partial charge is 0.269 e. The predicted molar refractivity (Wildman–Crippen MR) is 162 cm³/mol. The first-order chi connectivity index (χ1) is 20.4. The number of nitro groups is 1. The third-order valence-corrected chi connectivity index (χ3v) is 8.46. The summed E-state index contributed by atoms with van der Waals surface area (Å²) < 4.78 is 0. The summed E-state index contributed by atoms with van der Waals surface area (Å²) in [5, 5.41) is 14.4. The van der Waals surface area contributed by atoms with Gasteiger partial charge >= 0.3 is 0 Å². The summed E-state index contributed by atoms with van der Waals surface area (Å²) in [7, 11) is 0. The van der Waals surface area contributed by atoms with Gasteiger partial charge in [-0.3, -0.25) is 29.6 Å². The lowest BCUT2D eigenvalue weighted by Crippen LogP contribution is -2.25. The molecular weight excluding hydrogens is 530 g/mol. The lowest BCUT2D eigenvalue weighted by Gasteiger charge is -2.16. The molecule has 6 rings (SSSR count). The first kappa shape index (κ1) is 27.8. The molecule has 9 heteroatoms. The summed E-state index contributed by atoms with van der Waals surface area (Å²) in [4.78, 5) is 45.7. The van der Waals surface area contributed by atoms with Crippen molar-refractivity contribution >= 4 is 34.6 Å². The molecule has 0 bridgehead atoms. The molecule has 1 unspecified atom stereocenters. The minimum atomic E-state index is -0.781. The van der Waals surface area contributed by atoms with E-state index < -0.39 is 10.8 Å². The highest BCUT2D eigenvalue weighted by Gasteiger charge is 2.36. The second kappa shape index (κ2) is 12.2. The zero-order valence-corrected chi connectivity index (χ0v) is 23.6. The number of nitrogens with zero attached hydrogens (tertiary/aromatic N) is 4. The molecule has 2 saturated heterocycles. The summed E-state index contributed by atoms with van der Waals surface area (Å²) in [6.07, 6.45) is 5.81. The van der Waals surface area contributed by atoms with Crippen LogP contribution in [0.25, 0.3) is 0 Å². The maximum atomic E-state index is 13.3. The van der Waals surface area contributed by atoms with Crippen LogP contribution >= 0.6 is 0 Å². The fourth-order valence-corrected chi connectivity index (χ4v) is 6.20. The van der Waals surface area contributed by atoms with Crippen LogP contribution in [-0.2, 0) is 22.6 Å². The number of likely N-dealkylation sites (tertiary alicyclic amines) is 2. The van der Waals surface area contributed by atoms with E-state index in [0.717, 1.165) is 68.8 Å². The fraction of sp³-hybridized carbons (Fsp3) is 0.364. The lowest BCUT2D eigenvalue weighted by atomic mass is 9.89. The number of fused-ring (bicyclic) bond motifs is 1. The molecule has 0 radical (unpaired) electrons. The number of non-ortho nitro benzene ring substituents is 1. The summed E-state index contributed by atoms with van der Waals surface area (Å²) in [6, 6.07) is 20.6. The molecule has 1 atom stereocenters. The Morgan fingerprint density at radius 2 is 1.67 bits per heavy atom. The number of nitro benzene ring substituents is 1. The van der Waals surface area contributed by atoms with Crippen molar-refractivity contribution in [2.45, 2.75) is 51.0 Å². The van der Waals surface area contributed by atoms with Crippen LogP contribution in [0.1, 0.15) is 60.3 Å². The van der Waals surface area contributed by atoms with Crippen molar-refractivity contribution in [3.63, 3.8) is 0 Å². The molecule has 9 nitrogen and oxygen atoms in total. The van der Waals surface area contributed by atoms with Gasteiger partial charge in [0.2, 0.25) is 11.8 Å². The Hall–Kier alpha value is -4.37. The third-order valence-electron chi connectivity index (χ3n) is 8.46. The topological polar surface area (TPSA) is 108 Å². The van der Waals surface area contributed by atoms with E-state index in [9.17, 15) is 19.7 Å². The van der Waals surface area contributed by atoms with Crippen molar-refractivity contribution in [1.82, 2.24) is 9.80 Å². The first-order valence-electron chi connectivity index (χ1n) is 14.8. The molecule has 0 saturated carbocycles. The largest absolute Gasteiger partial charge is 0.343 e. The number of carbonyl (C=O) groups excluding carboxylic acids is 2. The molecule has 216 valence electrons. The second-order valence-corrected chi connectivity index (χ2v) is 11.4. The Labute approximate surface area is 245 Å². The number of benzene rings is 3. The molecule has 3 aliphatic heterocycles. The van der Waals surface area contributed by atoms with Crippen LogP contribution < -0.4 is 5.32 Å². The van der Waals surface area contributed by atoms with Gasteiger partial charge in [0.25, 0.3) is 5.69 Å². The van der Waals surface area contributed by atoms with Crippen LogP contribution in [-0.4, -0.2) is 58.4 Å². The highest BCUT2D eigenvalue weighted by Crippen LogP contribution is 2.38. The molecule has 42 heavy (non-hydrogen) atoms. The first-order valence-corrected chi connectivity index (χ1v) is 14.8. The van der Waals surface area contributed by atoms with Crippen LogP contribution in [0, 0.1) is 10.1 Å². The van der Waals surface area contributed by atoms with Crippen molar-refractivity contribution in [2.24, 2.45) is 4.99 Å². The summed E-state index contributed by atoms with van der Waals surface area (Å²) in [5.41, 5.74) is 5.48. The van der Waals surface area contributed by atoms with Crippen molar-refractivity contribution < 1.29 is 14.5 Å². The normalized spacial score (nSPS) is 18.9. The van der Waals surface area contributed by atoms with Gasteiger partial charge in [-0.15, -0.1) is 0 Å². The van der Waals surface area contributed by atoms with Gasteiger partial charge in [0.15, 0.2) is 0 Å². The zero-order chi connectivity index (χ0) is 29.1. The van der Waals surface area contributed by atoms with Crippen LogP contribution in [0.3, 0.4) is 0 Å². The molecule has 0 aliphatic carbocycles. The maximum absolute atomic E-state index is 13.3. The van der Waals surface area contributed by atoms with Crippen LogP contribution in [0.15, 0.2) is 71.7 Å². The molecule has 0 spiro atoms. The molecule has 3 aliphatic rings. The summed E-state index contributed by atoms with van der Waals surface area (Å²) in [5.74, 6) is -0.795. The Balaban J connectivity index is 1.28. The SMILES string of the molecule is O=C1Nc2ccc([N+](=O)[O-])cc2C1C(=Nc1ccc(CN2CCCC2)cc1)c1ccc(CCCN2CCCC2=O)cc1. The van der Waals surface area contributed by atoms with Crippen LogP contribution in [0.5, 0.6) is 0 Å². The molecule has 3 aromatic carbocycles. The van der Waals surface area contributed by atoms with Gasteiger partial charge in [0.1, 0.15) is 5.92 Å². The number of aliphatic imine (C=N–C) groups is 1. The molecular formula is C33H35N5O4. The van der Waals surface area contributed by atoms with E-state index in [1.54, 1.807) is 6.07 Å². The van der Waals surface area contributed by atoms with Crippen molar-refractivity contribution in [2.75, 3.05) is 31.5 Å². The number of hydrogen-bond donors (Lipinski definition) is 1. The summed E-state index contributed by atoms with van der Waals surface area (Å²) >= 11 is 0. The summed E-state index contributed by atoms with van der Waals surface area (Å²) in [6.45, 7) is 4.77. The van der Waals surface area contributed by atoms with Gasteiger partial charge in [-0.2, -0.15) is 0 Å². The zero-order valence-electron chi connectivity index (χ0n) is 23.6. The Kier molecular flexibility index (Phi) is 8.10. The fourth-order valence-electron chi connectivity index (χ4n) is 6.20. The molecule has 2 amide bonds. The van der Waals surface area contributed by atoms with E-state index in [0.29, 0.717) is 23.4 Å². The minimum absolute atomic E-state index is 0.0623. The Bertz CT molecular complexity index is 1510. The Morgan fingerprint density at radius 1 is 0.929 bits per heavy atom. The molecule has 2 fully saturated rings. The number of rotatable bonds is 10. The number of anilines is 1. The van der Waals surface area contributed by atoms with Gasteiger partial charge < -0.3 is 10.2 Å². The molecule has 1 N–H and O–H groups in total. The van der Waals surface area contributed by atoms with Gasteiger partial charge in [-0.05, 0) is 80.1 Å². The Morgan fingerprint density at radius 3 is 2.36 bits per heavy atom. The van der Waals surface area contributed by atoms with Gasteiger partial charge in [-0.1, -0.05) is 36.4 Å². The van der Waals surface area contributed by atoms with Crippen LogP contribution in [0.2, 0.25) is 0 Å². The van der Waals surface area contributed by atoms with E-state index in [2.05, 4.69) is 22.3 Å². The molecule has 3 aromatic rings. The number of amides is 2. The highest BCUT2D eigenvalue weighted by molar-refractivity contribution is 6.24. The average molecular weight is 566 g/mol. The molecule has 0 aromatic heterocycles. The maximum Gasteiger partial charge on any atom is 0.269 e. The number of carbonyl (C=O) groups is 2. The quantitative estimate of drug-likeness (QED) is 0.196. The monoisotopic (exact) mass is 565 g/mol. The average Bonchev–Trinajstić information content (AvgIpc) is 3.73. The standard InChI is InChI=1S/C33H35N5O4/c39-30-6-4-20-37(30)19-3-5-23-7-11-25(12-8-23)32(31-28-21-27(38(41)42)15-16-29(28)35-33(31)40)34-26-13-9-24(10-14-26)22-36-17-1-2-18-36/h7-16,21,31H,1-6,17-20,22H2,(H,35,40). The van der Waals surface area contributed by atoms with Gasteiger partial charge in [-0.25, -0.2) is 0 Å². The van der Waals surface area contributed by atoms with Gasteiger partial charge in [0, 0.05) is 49.4 Å². The third kappa shape index (κ3) is 6.11. The van der Waals surface area contributed by atoms with E-state index in [4.69, 9.17) is 4.99 Å². The van der Waals surface area contributed by atoms with E-state index in [-0.39, 0.29) is 17.5 Å². The van der Waals surface area contributed by atoms with Crippen molar-refractivity contribution in [1.29, 1.82) is 0 Å². The number of aryl methyl sites for hydroxylation is 1. The second-order valence-electron chi connectivity index (χ2n) is 11.4. The van der Waals surface area contributed by atoms with E-state index in [1.807, 2.05) is 41.3 Å². The molecule has 3 heterocycles. The van der Waals surface area contributed by atoms with Crippen LogP contribution in [0.4, 0.5) is 17.1 Å². The van der Waals surface area contributed by atoms with Gasteiger partial charge in [0.05, 0.1) is 16.3 Å². The lowest BCUT2D eigenvalue weighted by molar-refractivity contribution is -0.384.